The number of aromatic nitrogens is 4. The number of halogens is 1. The molecule has 1 aliphatic rings. The maximum Gasteiger partial charge on any atom is 0.245 e. The molecule has 0 bridgehead atoms. The molecule has 21 heavy (non-hydrogen) atoms. The molecule has 1 aliphatic carbocycles. The van der Waals surface area contributed by atoms with Gasteiger partial charge in [-0.3, -0.25) is 0 Å². The second-order valence-electron chi connectivity index (χ2n) is 5.76. The zero-order chi connectivity index (χ0) is 14.8. The molecule has 0 aliphatic heterocycles. The summed E-state index contributed by atoms with van der Waals surface area (Å²) in [6.07, 6.45) is 8.08. The number of fused-ring (bicyclic) bond motifs is 1. The maximum absolute atomic E-state index is 6.32. The van der Waals surface area contributed by atoms with E-state index in [1.54, 1.807) is 7.11 Å². The summed E-state index contributed by atoms with van der Waals surface area (Å²) in [4.78, 5) is 13.2. The van der Waals surface area contributed by atoms with Gasteiger partial charge < -0.3 is 9.30 Å². The van der Waals surface area contributed by atoms with Gasteiger partial charge in [-0.25, -0.2) is 9.97 Å². The third kappa shape index (κ3) is 2.84. The highest BCUT2D eigenvalue weighted by atomic mass is 35.5. The highest BCUT2D eigenvalue weighted by Gasteiger charge is 2.22. The lowest BCUT2D eigenvalue weighted by molar-refractivity contribution is 0.318. The summed E-state index contributed by atoms with van der Waals surface area (Å²) in [5.74, 6) is 2.06. The number of hydrogen-bond donors (Lipinski definition) is 0. The quantitative estimate of drug-likeness (QED) is 0.808. The number of imidazole rings is 1. The Bertz CT molecular complexity index is 619. The van der Waals surface area contributed by atoms with Crippen molar-refractivity contribution in [1.29, 1.82) is 0 Å². The zero-order valence-electron chi connectivity index (χ0n) is 12.5. The fraction of sp³-hybridized carbons (Fsp3) is 0.667. The highest BCUT2D eigenvalue weighted by molar-refractivity contribution is 6.20. The van der Waals surface area contributed by atoms with Gasteiger partial charge in [-0.1, -0.05) is 19.3 Å². The fourth-order valence-electron chi connectivity index (χ4n) is 3.19. The van der Waals surface area contributed by atoms with Crippen molar-refractivity contribution in [3.05, 3.63) is 12.2 Å². The summed E-state index contributed by atoms with van der Waals surface area (Å²) in [5.41, 5.74) is 1.54. The molecule has 1 atom stereocenters. The van der Waals surface area contributed by atoms with Crippen molar-refractivity contribution in [3.63, 3.8) is 0 Å². The predicted molar refractivity (Wildman–Crippen MR) is 82.7 cm³/mol. The van der Waals surface area contributed by atoms with Gasteiger partial charge in [0.2, 0.25) is 5.88 Å². The first-order chi connectivity index (χ1) is 10.2. The van der Waals surface area contributed by atoms with E-state index in [-0.39, 0.29) is 5.38 Å². The first-order valence-electron chi connectivity index (χ1n) is 7.60. The summed E-state index contributed by atoms with van der Waals surface area (Å²) >= 11 is 6.32. The van der Waals surface area contributed by atoms with E-state index in [0.29, 0.717) is 17.3 Å². The minimum Gasteiger partial charge on any atom is -0.479 e. The normalized spacial score (nSPS) is 18.0. The number of alkyl halides is 1. The molecule has 1 saturated carbocycles. The first kappa shape index (κ1) is 14.6. The molecule has 0 amide bonds. The number of nitrogens with zero attached hydrogens (tertiary/aromatic N) is 4. The second-order valence-corrected chi connectivity index (χ2v) is 6.41. The van der Waals surface area contributed by atoms with Gasteiger partial charge in [-0.15, -0.1) is 11.6 Å². The van der Waals surface area contributed by atoms with Crippen molar-refractivity contribution in [2.24, 2.45) is 5.92 Å². The first-order valence-corrected chi connectivity index (χ1v) is 8.03. The van der Waals surface area contributed by atoms with Crippen molar-refractivity contribution in [2.45, 2.75) is 50.9 Å². The predicted octanol–water partition coefficient (Wildman–Crippen LogP) is 3.72. The van der Waals surface area contributed by atoms with Gasteiger partial charge in [0.25, 0.3) is 0 Å². The summed E-state index contributed by atoms with van der Waals surface area (Å²) < 4.78 is 7.46. The molecule has 3 rings (SSSR count). The summed E-state index contributed by atoms with van der Waals surface area (Å²) in [7, 11) is 1.60. The van der Waals surface area contributed by atoms with E-state index in [1.807, 2.05) is 6.92 Å². The molecule has 0 radical (unpaired) electrons. The number of ether oxygens (including phenoxy) is 1. The third-order valence-electron chi connectivity index (χ3n) is 4.24. The van der Waals surface area contributed by atoms with Crippen LogP contribution in [-0.4, -0.2) is 26.6 Å². The van der Waals surface area contributed by atoms with Gasteiger partial charge in [-0.2, -0.15) is 4.98 Å². The Morgan fingerprint density at radius 3 is 2.76 bits per heavy atom. The molecule has 0 saturated heterocycles. The average Bonchev–Trinajstić information content (AvgIpc) is 2.87. The number of hydrogen-bond acceptors (Lipinski definition) is 4. The van der Waals surface area contributed by atoms with E-state index in [2.05, 4.69) is 19.5 Å². The van der Waals surface area contributed by atoms with E-state index >= 15 is 0 Å². The lowest BCUT2D eigenvalue weighted by Crippen LogP contribution is -2.16. The molecule has 2 heterocycles. The molecule has 6 heteroatoms. The monoisotopic (exact) mass is 308 g/mol. The lowest BCUT2D eigenvalue weighted by atomic mass is 9.89. The Kier molecular flexibility index (Phi) is 4.29. The molecule has 1 unspecified atom stereocenters. The summed E-state index contributed by atoms with van der Waals surface area (Å²) in [6.45, 7) is 2.88. The molecule has 1 fully saturated rings. The van der Waals surface area contributed by atoms with E-state index in [4.69, 9.17) is 16.3 Å². The molecular formula is C15H21ClN4O. The smallest absolute Gasteiger partial charge is 0.245 e. The fourth-order valence-corrected chi connectivity index (χ4v) is 3.36. The minimum atomic E-state index is -0.160. The van der Waals surface area contributed by atoms with Gasteiger partial charge in [0, 0.05) is 6.54 Å². The summed E-state index contributed by atoms with van der Waals surface area (Å²) in [6, 6.07) is 0. The lowest BCUT2D eigenvalue weighted by Gasteiger charge is -2.23. The van der Waals surface area contributed by atoms with Gasteiger partial charge in [-0.05, 0) is 25.7 Å². The number of methoxy groups -OCH3 is 1. The highest BCUT2D eigenvalue weighted by Crippen LogP contribution is 2.31. The van der Waals surface area contributed by atoms with E-state index in [9.17, 15) is 0 Å². The third-order valence-corrected chi connectivity index (χ3v) is 4.44. The molecule has 0 spiro atoms. The van der Waals surface area contributed by atoms with E-state index in [1.165, 1.54) is 38.4 Å². The van der Waals surface area contributed by atoms with E-state index in [0.717, 1.165) is 18.0 Å². The number of rotatable bonds is 4. The maximum atomic E-state index is 6.32. The van der Waals surface area contributed by atoms with Crippen molar-refractivity contribution < 1.29 is 4.74 Å². The standard InChI is InChI=1S/C15H21ClN4O/c1-10(16)13-19-12-14(17-9-18-15(12)21-2)20(13)8-11-6-4-3-5-7-11/h9-11H,3-8H2,1-2H3. The topological polar surface area (TPSA) is 52.8 Å². The van der Waals surface area contributed by atoms with Crippen LogP contribution in [0.1, 0.15) is 50.2 Å². The zero-order valence-corrected chi connectivity index (χ0v) is 13.3. The van der Waals surface area contributed by atoms with Crippen molar-refractivity contribution >= 4 is 22.8 Å². The summed E-state index contributed by atoms with van der Waals surface area (Å²) in [5, 5.41) is -0.160. The Balaban J connectivity index is 2.03. The molecule has 114 valence electrons. The van der Waals surface area contributed by atoms with E-state index < -0.39 is 0 Å². The van der Waals surface area contributed by atoms with Crippen molar-refractivity contribution in [1.82, 2.24) is 19.5 Å². The van der Waals surface area contributed by atoms with Crippen LogP contribution in [-0.2, 0) is 6.54 Å². The van der Waals surface area contributed by atoms with Crippen LogP contribution >= 0.6 is 11.6 Å². The van der Waals surface area contributed by atoms with Crippen molar-refractivity contribution in [3.8, 4) is 5.88 Å². The van der Waals surface area contributed by atoms with Crippen LogP contribution in [0.4, 0.5) is 0 Å². The largest absolute Gasteiger partial charge is 0.479 e. The second kappa shape index (κ2) is 6.18. The minimum absolute atomic E-state index is 0.160. The Labute approximate surface area is 129 Å². The molecule has 0 aromatic carbocycles. The van der Waals surface area contributed by atoms with Gasteiger partial charge in [0.05, 0.1) is 12.5 Å². The van der Waals surface area contributed by atoms with Gasteiger partial charge in [0.1, 0.15) is 12.2 Å². The van der Waals surface area contributed by atoms with Crippen LogP contribution in [0.15, 0.2) is 6.33 Å². The molecule has 5 nitrogen and oxygen atoms in total. The van der Waals surface area contributed by atoms with Crippen LogP contribution in [0, 0.1) is 5.92 Å². The van der Waals surface area contributed by atoms with Crippen molar-refractivity contribution in [2.75, 3.05) is 7.11 Å². The van der Waals surface area contributed by atoms with Crippen LogP contribution in [0.25, 0.3) is 11.2 Å². The van der Waals surface area contributed by atoms with Gasteiger partial charge in [0.15, 0.2) is 11.2 Å². The van der Waals surface area contributed by atoms with Crippen LogP contribution in [0.5, 0.6) is 5.88 Å². The van der Waals surface area contributed by atoms with Crippen LogP contribution in [0.3, 0.4) is 0 Å². The van der Waals surface area contributed by atoms with Gasteiger partial charge >= 0.3 is 0 Å². The Morgan fingerprint density at radius 1 is 1.33 bits per heavy atom. The van der Waals surface area contributed by atoms with Crippen LogP contribution < -0.4 is 4.74 Å². The Morgan fingerprint density at radius 2 is 2.10 bits per heavy atom. The average molecular weight is 309 g/mol. The molecule has 2 aromatic rings. The molecule has 2 aromatic heterocycles. The Hall–Kier alpha value is -1.36. The van der Waals surface area contributed by atoms with Crippen LogP contribution in [0.2, 0.25) is 0 Å². The molecule has 0 N–H and O–H groups in total. The SMILES string of the molecule is COc1ncnc2c1nc(C(C)Cl)n2CC1CCCCC1. The molecular weight excluding hydrogens is 288 g/mol.